The summed E-state index contributed by atoms with van der Waals surface area (Å²) in [4.78, 5) is 10.2. The van der Waals surface area contributed by atoms with Gasteiger partial charge in [-0.15, -0.1) is 11.8 Å². The zero-order chi connectivity index (χ0) is 14.2. The first-order valence-electron chi connectivity index (χ1n) is 6.82. The van der Waals surface area contributed by atoms with E-state index in [0.717, 1.165) is 34.1 Å². The summed E-state index contributed by atoms with van der Waals surface area (Å²) in [5.74, 6) is 2.35. The number of thioether (sulfide) groups is 1. The van der Waals surface area contributed by atoms with E-state index in [1.54, 1.807) is 11.8 Å². The van der Waals surface area contributed by atoms with Gasteiger partial charge >= 0.3 is 0 Å². The van der Waals surface area contributed by atoms with Crippen LogP contribution in [-0.2, 0) is 17.8 Å². The molecule has 0 bridgehead atoms. The fraction of sp³-hybridized carbons (Fsp3) is 0.333. The van der Waals surface area contributed by atoms with E-state index in [0.29, 0.717) is 24.2 Å². The van der Waals surface area contributed by atoms with Crippen molar-refractivity contribution in [1.29, 1.82) is 0 Å². The van der Waals surface area contributed by atoms with Crippen LogP contribution in [0.5, 0.6) is 5.75 Å². The molecule has 2 aromatic rings. The number of halogens is 1. The van der Waals surface area contributed by atoms with E-state index in [1.807, 2.05) is 18.2 Å². The van der Waals surface area contributed by atoms with Crippen molar-refractivity contribution in [2.24, 2.45) is 0 Å². The summed E-state index contributed by atoms with van der Waals surface area (Å²) in [5, 5.41) is 0.488. The third-order valence-corrected chi connectivity index (χ3v) is 5.02. The van der Waals surface area contributed by atoms with Gasteiger partial charge in [0.05, 0.1) is 18.9 Å². The Morgan fingerprint density at radius 2 is 2.14 bits per heavy atom. The second kappa shape index (κ2) is 5.48. The van der Waals surface area contributed by atoms with Gasteiger partial charge in [0.25, 0.3) is 0 Å². The fourth-order valence-electron chi connectivity index (χ4n) is 2.50. The average molecular weight is 321 g/mol. The number of hydrogen-bond donors (Lipinski definition) is 0. The number of hydrogen-bond acceptors (Lipinski definition) is 5. The standard InChI is InChI=1S/C15H13ClN2O2S/c16-14-9-7-19-6-5-10(9)17-15(18-14)12-8-21-13-4-2-1-3-11(13)20-12/h1-4,12H,5-8H2. The number of para-hydroxylation sites is 1. The van der Waals surface area contributed by atoms with Crippen molar-refractivity contribution in [1.82, 2.24) is 9.97 Å². The highest BCUT2D eigenvalue weighted by atomic mass is 35.5. The molecule has 4 nitrogen and oxygen atoms in total. The van der Waals surface area contributed by atoms with Gasteiger partial charge in [-0.05, 0) is 12.1 Å². The smallest absolute Gasteiger partial charge is 0.171 e. The van der Waals surface area contributed by atoms with Crippen molar-refractivity contribution in [3.05, 3.63) is 46.5 Å². The van der Waals surface area contributed by atoms with Gasteiger partial charge in [0.2, 0.25) is 0 Å². The molecule has 2 aliphatic heterocycles. The number of rotatable bonds is 1. The third kappa shape index (κ3) is 2.50. The van der Waals surface area contributed by atoms with E-state index in [4.69, 9.17) is 21.1 Å². The molecule has 1 unspecified atom stereocenters. The summed E-state index contributed by atoms with van der Waals surface area (Å²) < 4.78 is 11.4. The van der Waals surface area contributed by atoms with Gasteiger partial charge in [0.1, 0.15) is 10.9 Å². The summed E-state index contributed by atoms with van der Waals surface area (Å²) in [6.07, 6.45) is 0.622. The predicted molar refractivity (Wildman–Crippen MR) is 80.9 cm³/mol. The third-order valence-electron chi connectivity index (χ3n) is 3.59. The predicted octanol–water partition coefficient (Wildman–Crippen LogP) is 3.43. The molecule has 6 heteroatoms. The van der Waals surface area contributed by atoms with Crippen molar-refractivity contribution in [3.63, 3.8) is 0 Å². The highest BCUT2D eigenvalue weighted by Gasteiger charge is 2.26. The average Bonchev–Trinajstić information content (AvgIpc) is 2.54. The van der Waals surface area contributed by atoms with Gasteiger partial charge in [-0.1, -0.05) is 23.7 Å². The molecule has 0 aliphatic carbocycles. The molecule has 0 spiro atoms. The van der Waals surface area contributed by atoms with Gasteiger partial charge in [0.15, 0.2) is 11.9 Å². The van der Waals surface area contributed by atoms with Crippen molar-refractivity contribution < 1.29 is 9.47 Å². The Bertz CT molecular complexity index is 695. The number of benzene rings is 1. The molecule has 108 valence electrons. The summed E-state index contributed by atoms with van der Waals surface area (Å²) in [6.45, 7) is 1.18. The van der Waals surface area contributed by atoms with Crippen LogP contribution in [0.1, 0.15) is 23.2 Å². The number of fused-ring (bicyclic) bond motifs is 2. The zero-order valence-corrected chi connectivity index (χ0v) is 12.8. The van der Waals surface area contributed by atoms with Crippen LogP contribution < -0.4 is 4.74 Å². The molecule has 3 heterocycles. The SMILES string of the molecule is Clc1nc(C2CSc3ccccc3O2)nc2c1COCC2. The summed E-state index contributed by atoms with van der Waals surface area (Å²) in [6, 6.07) is 8.03. The first-order valence-corrected chi connectivity index (χ1v) is 8.19. The second-order valence-corrected chi connectivity index (χ2v) is 6.38. The van der Waals surface area contributed by atoms with Gasteiger partial charge < -0.3 is 9.47 Å². The van der Waals surface area contributed by atoms with Crippen LogP contribution in [0.15, 0.2) is 29.2 Å². The molecule has 1 atom stereocenters. The van der Waals surface area contributed by atoms with Crippen molar-refractivity contribution in [2.45, 2.75) is 24.0 Å². The van der Waals surface area contributed by atoms with Crippen LogP contribution in [-0.4, -0.2) is 22.3 Å². The molecule has 0 amide bonds. The highest BCUT2D eigenvalue weighted by molar-refractivity contribution is 7.99. The summed E-state index contributed by atoms with van der Waals surface area (Å²) in [5.41, 5.74) is 1.90. The maximum atomic E-state index is 6.27. The lowest BCUT2D eigenvalue weighted by Crippen LogP contribution is -2.21. The molecule has 2 aliphatic rings. The first kappa shape index (κ1) is 13.4. The van der Waals surface area contributed by atoms with Crippen molar-refractivity contribution >= 4 is 23.4 Å². The van der Waals surface area contributed by atoms with Crippen LogP contribution >= 0.6 is 23.4 Å². The van der Waals surface area contributed by atoms with Crippen LogP contribution in [0.2, 0.25) is 5.15 Å². The summed E-state index contributed by atoms with van der Waals surface area (Å²) in [7, 11) is 0. The Labute approximate surface area is 131 Å². The quantitative estimate of drug-likeness (QED) is 0.753. The van der Waals surface area contributed by atoms with Crippen LogP contribution in [0.4, 0.5) is 0 Å². The van der Waals surface area contributed by atoms with E-state index in [9.17, 15) is 0 Å². The van der Waals surface area contributed by atoms with Crippen molar-refractivity contribution in [3.8, 4) is 5.75 Å². The number of nitrogens with zero attached hydrogens (tertiary/aromatic N) is 2. The topological polar surface area (TPSA) is 44.2 Å². The summed E-state index contributed by atoms with van der Waals surface area (Å²) >= 11 is 8.04. The largest absolute Gasteiger partial charge is 0.480 e. The Hall–Kier alpha value is -1.30. The van der Waals surface area contributed by atoms with Crippen LogP contribution in [0, 0.1) is 0 Å². The minimum Gasteiger partial charge on any atom is -0.480 e. The van der Waals surface area contributed by atoms with Crippen molar-refractivity contribution in [2.75, 3.05) is 12.4 Å². The normalized spacial score (nSPS) is 20.3. The molecule has 1 aromatic carbocycles. The molecule has 0 radical (unpaired) electrons. The second-order valence-electron chi connectivity index (χ2n) is 4.96. The van der Waals surface area contributed by atoms with Gasteiger partial charge in [-0.2, -0.15) is 0 Å². The molecule has 0 saturated carbocycles. The van der Waals surface area contributed by atoms with E-state index in [-0.39, 0.29) is 6.10 Å². The van der Waals surface area contributed by atoms with Gasteiger partial charge in [-0.25, -0.2) is 9.97 Å². The molecule has 1 aromatic heterocycles. The van der Waals surface area contributed by atoms with E-state index in [1.165, 1.54) is 0 Å². The zero-order valence-electron chi connectivity index (χ0n) is 11.2. The highest BCUT2D eigenvalue weighted by Crippen LogP contribution is 2.39. The monoisotopic (exact) mass is 320 g/mol. The first-order chi connectivity index (χ1) is 10.3. The maximum Gasteiger partial charge on any atom is 0.171 e. The molecule has 0 fully saturated rings. The number of aromatic nitrogens is 2. The van der Waals surface area contributed by atoms with Gasteiger partial charge in [-0.3, -0.25) is 0 Å². The fourth-order valence-corrected chi connectivity index (χ4v) is 3.73. The number of ether oxygens (including phenoxy) is 2. The molecule has 0 saturated heterocycles. The lowest BCUT2D eigenvalue weighted by molar-refractivity contribution is 0.108. The molecule has 4 rings (SSSR count). The minimum absolute atomic E-state index is 0.157. The Morgan fingerprint density at radius 1 is 1.24 bits per heavy atom. The molecular formula is C15H13ClN2O2S. The van der Waals surface area contributed by atoms with Crippen LogP contribution in [0.3, 0.4) is 0 Å². The van der Waals surface area contributed by atoms with E-state index < -0.39 is 0 Å². The minimum atomic E-state index is -0.157. The Morgan fingerprint density at radius 3 is 3.10 bits per heavy atom. The molecular weight excluding hydrogens is 308 g/mol. The van der Waals surface area contributed by atoms with Crippen LogP contribution in [0.25, 0.3) is 0 Å². The van der Waals surface area contributed by atoms with Gasteiger partial charge in [0, 0.05) is 22.6 Å². The van der Waals surface area contributed by atoms with E-state index >= 15 is 0 Å². The molecule has 0 N–H and O–H groups in total. The Kier molecular flexibility index (Phi) is 3.49. The Balaban J connectivity index is 1.67. The lowest BCUT2D eigenvalue weighted by atomic mass is 10.1. The molecule has 21 heavy (non-hydrogen) atoms. The van der Waals surface area contributed by atoms with E-state index in [2.05, 4.69) is 16.0 Å². The lowest BCUT2D eigenvalue weighted by Gasteiger charge is -2.26. The maximum absolute atomic E-state index is 6.27.